The molecule has 3 heteroatoms. The number of hydrogen-bond acceptors (Lipinski definition) is 1. The molecule has 0 saturated heterocycles. The fourth-order valence-corrected chi connectivity index (χ4v) is 1.48. The van der Waals surface area contributed by atoms with Crippen LogP contribution in [0.3, 0.4) is 0 Å². The Morgan fingerprint density at radius 3 is 2.42 bits per heavy atom. The number of carbonyl (C=O) groups is 1. The minimum absolute atomic E-state index is 0.320. The predicted molar refractivity (Wildman–Crippen MR) is 71.6 cm³/mol. The maximum Gasteiger partial charge on any atom is 0.296 e. The topological polar surface area (TPSA) is 29.1 Å². The van der Waals surface area contributed by atoms with Crippen LogP contribution in [-0.2, 0) is 11.3 Å². The average Bonchev–Trinajstić information content (AvgIpc) is 2.45. The molecule has 0 fully saturated rings. The van der Waals surface area contributed by atoms with Crippen molar-refractivity contribution in [1.82, 2.24) is 5.32 Å². The third kappa shape index (κ3) is 4.29. The third-order valence-corrected chi connectivity index (χ3v) is 2.46. The zero-order valence-electron chi connectivity index (χ0n) is 10.2. The highest BCUT2D eigenvalue weighted by molar-refractivity contribution is 5.94. The van der Waals surface area contributed by atoms with E-state index in [4.69, 9.17) is 0 Å². The molecule has 0 bridgehead atoms. The minimum atomic E-state index is -0.354. The summed E-state index contributed by atoms with van der Waals surface area (Å²) in [5, 5.41) is 2.69. The number of halogens is 1. The van der Waals surface area contributed by atoms with Crippen molar-refractivity contribution in [3.8, 4) is 11.8 Å². The zero-order chi connectivity index (χ0) is 13.5. The molecular weight excluding hydrogens is 241 g/mol. The van der Waals surface area contributed by atoms with Gasteiger partial charge in [-0.2, -0.15) is 0 Å². The Morgan fingerprint density at radius 1 is 1.05 bits per heavy atom. The molecule has 0 saturated carbocycles. The molecule has 0 spiro atoms. The van der Waals surface area contributed by atoms with Crippen LogP contribution in [0.1, 0.15) is 11.1 Å². The summed E-state index contributed by atoms with van der Waals surface area (Å²) in [6.45, 7) is 0.442. The zero-order valence-corrected chi connectivity index (χ0v) is 10.2. The highest BCUT2D eigenvalue weighted by Gasteiger charge is 1.96. The molecule has 94 valence electrons. The standard InChI is InChI=1S/C16H12FNO/c17-15-9-6-13(7-10-15)8-11-16(19)18-12-14-4-2-1-3-5-14/h1-7,9-10H,12H2,(H,18,19). The number of carbonyl (C=O) groups excluding carboxylic acids is 1. The van der Waals surface area contributed by atoms with Gasteiger partial charge in [0.25, 0.3) is 5.91 Å². The van der Waals surface area contributed by atoms with Crippen molar-refractivity contribution >= 4 is 5.91 Å². The summed E-state index contributed by atoms with van der Waals surface area (Å²) < 4.78 is 12.7. The summed E-state index contributed by atoms with van der Waals surface area (Å²) in [5.41, 5.74) is 1.62. The van der Waals surface area contributed by atoms with Crippen LogP contribution in [0.4, 0.5) is 4.39 Å². The molecule has 0 aliphatic heterocycles. The SMILES string of the molecule is O=C(C#Cc1ccc(F)cc1)NCc1ccccc1. The fourth-order valence-electron chi connectivity index (χ4n) is 1.48. The van der Waals surface area contributed by atoms with E-state index in [0.717, 1.165) is 5.56 Å². The normalized spacial score (nSPS) is 9.32. The van der Waals surface area contributed by atoms with Crippen molar-refractivity contribution in [1.29, 1.82) is 0 Å². The highest BCUT2D eigenvalue weighted by Crippen LogP contribution is 2.00. The Hall–Kier alpha value is -2.60. The predicted octanol–water partition coefficient (Wildman–Crippen LogP) is 2.49. The second-order valence-electron chi connectivity index (χ2n) is 3.93. The molecular formula is C16H12FNO. The van der Waals surface area contributed by atoms with Gasteiger partial charge in [-0.15, -0.1) is 0 Å². The van der Waals surface area contributed by atoms with Crippen molar-refractivity contribution in [2.75, 3.05) is 0 Å². The number of rotatable bonds is 2. The molecule has 2 rings (SSSR count). The first-order chi connectivity index (χ1) is 9.24. The van der Waals surface area contributed by atoms with E-state index >= 15 is 0 Å². The van der Waals surface area contributed by atoms with Gasteiger partial charge >= 0.3 is 0 Å². The van der Waals surface area contributed by atoms with Crippen molar-refractivity contribution in [3.63, 3.8) is 0 Å². The molecule has 0 aliphatic rings. The number of nitrogens with one attached hydrogen (secondary N) is 1. The van der Waals surface area contributed by atoms with Gasteiger partial charge in [0.2, 0.25) is 0 Å². The van der Waals surface area contributed by atoms with Gasteiger partial charge in [-0.3, -0.25) is 4.79 Å². The molecule has 0 atom stereocenters. The van der Waals surface area contributed by atoms with E-state index in [1.54, 1.807) is 0 Å². The van der Waals surface area contributed by atoms with Crippen molar-refractivity contribution in [3.05, 3.63) is 71.5 Å². The lowest BCUT2D eigenvalue weighted by atomic mass is 10.2. The Bertz CT molecular complexity index is 609. The van der Waals surface area contributed by atoms with Crippen LogP contribution in [0.25, 0.3) is 0 Å². The van der Waals surface area contributed by atoms with Gasteiger partial charge in [-0.05, 0) is 29.8 Å². The molecule has 0 heterocycles. The molecule has 2 aromatic carbocycles. The van der Waals surface area contributed by atoms with Crippen LogP contribution >= 0.6 is 0 Å². The highest BCUT2D eigenvalue weighted by atomic mass is 19.1. The lowest BCUT2D eigenvalue weighted by Crippen LogP contribution is -2.20. The summed E-state index contributed by atoms with van der Waals surface area (Å²) in [4.78, 5) is 11.5. The number of amides is 1. The Labute approximate surface area is 111 Å². The maximum absolute atomic E-state index is 12.7. The van der Waals surface area contributed by atoms with Crippen LogP contribution in [0.2, 0.25) is 0 Å². The van der Waals surface area contributed by atoms with Gasteiger partial charge in [0.15, 0.2) is 0 Å². The molecule has 0 unspecified atom stereocenters. The van der Waals surface area contributed by atoms with E-state index < -0.39 is 0 Å². The van der Waals surface area contributed by atoms with E-state index in [1.807, 2.05) is 30.3 Å². The van der Waals surface area contributed by atoms with Gasteiger partial charge in [0.05, 0.1) is 0 Å². The lowest BCUT2D eigenvalue weighted by Gasteiger charge is -2.00. The second-order valence-corrected chi connectivity index (χ2v) is 3.93. The molecule has 0 aliphatic carbocycles. The molecule has 2 aromatic rings. The van der Waals surface area contributed by atoms with E-state index in [2.05, 4.69) is 17.2 Å². The van der Waals surface area contributed by atoms with Crippen molar-refractivity contribution in [2.24, 2.45) is 0 Å². The minimum Gasteiger partial charge on any atom is -0.341 e. The fraction of sp³-hybridized carbons (Fsp3) is 0.0625. The molecule has 19 heavy (non-hydrogen) atoms. The van der Waals surface area contributed by atoms with Gasteiger partial charge < -0.3 is 5.32 Å². The van der Waals surface area contributed by atoms with Gasteiger partial charge in [-0.25, -0.2) is 4.39 Å². The lowest BCUT2D eigenvalue weighted by molar-refractivity contribution is -0.115. The molecule has 1 N–H and O–H groups in total. The summed E-state index contributed by atoms with van der Waals surface area (Å²) in [5.74, 6) is 4.47. The van der Waals surface area contributed by atoms with Gasteiger partial charge in [0, 0.05) is 18.0 Å². The van der Waals surface area contributed by atoms with Crippen molar-refractivity contribution in [2.45, 2.75) is 6.54 Å². The van der Waals surface area contributed by atoms with E-state index in [1.165, 1.54) is 24.3 Å². The first kappa shape index (κ1) is 12.8. The molecule has 1 amide bonds. The van der Waals surface area contributed by atoms with Crippen LogP contribution in [-0.4, -0.2) is 5.91 Å². The smallest absolute Gasteiger partial charge is 0.296 e. The summed E-state index contributed by atoms with van der Waals surface area (Å²) in [7, 11) is 0. The van der Waals surface area contributed by atoms with E-state index in [-0.39, 0.29) is 11.7 Å². The first-order valence-electron chi connectivity index (χ1n) is 5.83. The monoisotopic (exact) mass is 253 g/mol. The molecule has 0 radical (unpaired) electrons. The van der Waals surface area contributed by atoms with E-state index in [9.17, 15) is 9.18 Å². The maximum atomic E-state index is 12.7. The molecule has 0 aromatic heterocycles. The van der Waals surface area contributed by atoms with Crippen LogP contribution in [0.15, 0.2) is 54.6 Å². The summed E-state index contributed by atoms with van der Waals surface area (Å²) in [6.07, 6.45) is 0. The van der Waals surface area contributed by atoms with Crippen LogP contribution in [0.5, 0.6) is 0 Å². The average molecular weight is 253 g/mol. The summed E-state index contributed by atoms with van der Waals surface area (Å²) in [6, 6.07) is 15.3. The largest absolute Gasteiger partial charge is 0.341 e. The quantitative estimate of drug-likeness (QED) is 0.819. The van der Waals surface area contributed by atoms with Crippen molar-refractivity contribution < 1.29 is 9.18 Å². The number of hydrogen-bond donors (Lipinski definition) is 1. The second kappa shape index (κ2) is 6.36. The van der Waals surface area contributed by atoms with Crippen LogP contribution < -0.4 is 5.32 Å². The summed E-state index contributed by atoms with van der Waals surface area (Å²) >= 11 is 0. The van der Waals surface area contributed by atoms with Crippen LogP contribution in [0, 0.1) is 17.7 Å². The first-order valence-corrected chi connectivity index (χ1v) is 5.83. The third-order valence-electron chi connectivity index (χ3n) is 2.46. The Kier molecular flexibility index (Phi) is 4.30. The van der Waals surface area contributed by atoms with Gasteiger partial charge in [0.1, 0.15) is 5.82 Å². The number of benzene rings is 2. The molecule has 2 nitrogen and oxygen atoms in total. The Morgan fingerprint density at radius 2 is 1.74 bits per heavy atom. The van der Waals surface area contributed by atoms with Gasteiger partial charge in [-0.1, -0.05) is 36.3 Å². The Balaban J connectivity index is 1.90. The van der Waals surface area contributed by atoms with E-state index in [0.29, 0.717) is 12.1 Å².